The normalized spacial score (nSPS) is 43.0. The number of aliphatic hydroxyl groups excluding tert-OH is 2. The Morgan fingerprint density at radius 2 is 1.88 bits per heavy atom. The van der Waals surface area contributed by atoms with Gasteiger partial charge in [-0.1, -0.05) is 46.3 Å². The smallest absolute Gasteiger partial charge is 0.219 e. The third-order valence-electron chi connectivity index (χ3n) is 10.5. The highest BCUT2D eigenvalue weighted by Crippen LogP contribution is 2.67. The highest BCUT2D eigenvalue weighted by molar-refractivity contribution is 6.74. The van der Waals surface area contributed by atoms with E-state index in [4.69, 9.17) is 4.43 Å². The Balaban J connectivity index is 1.63. The van der Waals surface area contributed by atoms with Crippen molar-refractivity contribution in [2.24, 2.45) is 28.6 Å². The zero-order valence-corrected chi connectivity index (χ0v) is 22.7. The van der Waals surface area contributed by atoms with Gasteiger partial charge in [0, 0.05) is 16.7 Å². The third-order valence-corrected chi connectivity index (χ3v) is 14.9. The average molecular weight is 491 g/mol. The Kier molecular flexibility index (Phi) is 6.06. The van der Waals surface area contributed by atoms with Crippen molar-refractivity contribution in [3.05, 3.63) is 23.8 Å². The molecule has 0 aliphatic heterocycles. The molecule has 3 N–H and O–H groups in total. The summed E-state index contributed by atoms with van der Waals surface area (Å²) in [4.78, 5) is 25.6. The predicted molar refractivity (Wildman–Crippen MR) is 132 cm³/mol. The molecule has 2 unspecified atom stereocenters. The Bertz CT molecular complexity index is 947. The summed E-state index contributed by atoms with van der Waals surface area (Å²) in [5.74, 6) is -0.578. The van der Waals surface area contributed by atoms with Crippen molar-refractivity contribution >= 4 is 19.9 Å². The average Bonchev–Trinajstić information content (AvgIpc) is 2.98. The summed E-state index contributed by atoms with van der Waals surface area (Å²) in [7, 11) is -2.43. The number of hydrogen-bond acceptors (Lipinski definition) is 6. The Morgan fingerprint density at radius 3 is 2.50 bits per heavy atom. The van der Waals surface area contributed by atoms with Gasteiger partial charge in [-0.05, 0) is 74.2 Å². The third kappa shape index (κ3) is 3.57. The van der Waals surface area contributed by atoms with E-state index >= 15 is 0 Å². The minimum atomic E-state index is -2.43. The highest BCUT2D eigenvalue weighted by atomic mass is 28.4. The topological polar surface area (TPSA) is 104 Å². The summed E-state index contributed by atoms with van der Waals surface area (Å²) in [6.07, 6.45) is 5.67. The first-order chi connectivity index (χ1) is 15.5. The summed E-state index contributed by atoms with van der Waals surface area (Å²) >= 11 is 0. The van der Waals surface area contributed by atoms with Gasteiger partial charge in [0.2, 0.25) is 12.1 Å². The lowest BCUT2D eigenvalue weighted by Gasteiger charge is -2.59. The first-order valence-corrected chi connectivity index (χ1v) is 15.6. The van der Waals surface area contributed by atoms with Crippen molar-refractivity contribution in [1.82, 2.24) is 0 Å². The molecule has 0 spiro atoms. The number of fused-ring (bicyclic) bond motifs is 5. The van der Waals surface area contributed by atoms with Crippen LogP contribution in [0.25, 0.3) is 0 Å². The maximum atomic E-state index is 13.6. The zero-order valence-electron chi connectivity index (χ0n) is 21.7. The molecule has 3 saturated carbocycles. The molecule has 4 rings (SSSR count). The molecule has 0 radical (unpaired) electrons. The second-order valence-electron chi connectivity index (χ2n) is 13.2. The molecule has 190 valence electrons. The van der Waals surface area contributed by atoms with Gasteiger partial charge >= 0.3 is 0 Å². The maximum absolute atomic E-state index is 13.6. The van der Waals surface area contributed by atoms with Crippen molar-refractivity contribution in [2.75, 3.05) is 0 Å². The van der Waals surface area contributed by atoms with E-state index in [1.54, 1.807) is 12.2 Å². The predicted octanol–water partition coefficient (Wildman–Crippen LogP) is 3.91. The van der Waals surface area contributed by atoms with E-state index in [0.717, 1.165) is 18.4 Å². The SMILES string of the molecule is CC(C)(C)[Si](C)(C)OC(O)C(=O)[C@@]1(O)CC[C@H]2[C@@H]3CCC4=CC(=O)C=C[C@]4(C)[C@H]3C(O)C[C@@]21C. The fourth-order valence-corrected chi connectivity index (χ4v) is 8.47. The number of rotatable bonds is 4. The summed E-state index contributed by atoms with van der Waals surface area (Å²) in [5.41, 5.74) is -1.92. The molecule has 0 bridgehead atoms. The second-order valence-corrected chi connectivity index (χ2v) is 18.0. The lowest BCUT2D eigenvalue weighted by molar-refractivity contribution is -0.192. The lowest BCUT2D eigenvalue weighted by atomic mass is 9.46. The number of carbonyl (C=O) groups is 2. The van der Waals surface area contributed by atoms with Gasteiger partial charge in [-0.2, -0.15) is 0 Å². The Labute approximate surface area is 204 Å². The number of aliphatic hydroxyl groups is 3. The molecule has 0 amide bonds. The molecule has 0 saturated heterocycles. The van der Waals surface area contributed by atoms with Gasteiger partial charge < -0.3 is 19.7 Å². The van der Waals surface area contributed by atoms with Gasteiger partial charge in [-0.3, -0.25) is 9.59 Å². The molecular formula is C27H42O6Si. The monoisotopic (exact) mass is 490 g/mol. The standard InChI is InChI=1S/C27H42O6Si/c1-24(2,3)34(6,7)33-23(31)22(30)27(32)13-11-19-18-9-8-16-14-17(28)10-12-25(16,4)21(18)20(29)15-26(19,27)5/h10,12,14,18-21,23,29,31-32H,8-9,11,13,15H2,1-7H3/t18-,19-,20?,21+,23?,25-,26-,27-/m0/s1. The zero-order chi connectivity index (χ0) is 25.5. The molecule has 4 aliphatic carbocycles. The van der Waals surface area contributed by atoms with Gasteiger partial charge in [-0.25, -0.2) is 0 Å². The van der Waals surface area contributed by atoms with E-state index in [2.05, 4.69) is 6.92 Å². The molecule has 7 heteroatoms. The van der Waals surface area contributed by atoms with Crippen molar-refractivity contribution in [1.29, 1.82) is 0 Å². The number of carbonyl (C=O) groups excluding carboxylic acids is 2. The number of ketones is 2. The van der Waals surface area contributed by atoms with Crippen molar-refractivity contribution in [3.63, 3.8) is 0 Å². The first-order valence-electron chi connectivity index (χ1n) is 12.7. The van der Waals surface area contributed by atoms with Crippen LogP contribution in [0, 0.1) is 28.6 Å². The summed E-state index contributed by atoms with van der Waals surface area (Å²) in [6.45, 7) is 14.1. The van der Waals surface area contributed by atoms with Crippen LogP contribution in [0.1, 0.15) is 66.7 Å². The van der Waals surface area contributed by atoms with Gasteiger partial charge in [0.1, 0.15) is 5.60 Å². The van der Waals surface area contributed by atoms with Crippen LogP contribution in [-0.4, -0.2) is 53.2 Å². The largest absolute Gasteiger partial charge is 0.393 e. The van der Waals surface area contributed by atoms with Crippen LogP contribution in [-0.2, 0) is 14.0 Å². The van der Waals surface area contributed by atoms with Gasteiger partial charge in [0.05, 0.1) is 6.10 Å². The van der Waals surface area contributed by atoms with Crippen LogP contribution in [0.2, 0.25) is 18.1 Å². The number of hydrogen-bond donors (Lipinski definition) is 3. The maximum Gasteiger partial charge on any atom is 0.219 e. The minimum Gasteiger partial charge on any atom is -0.393 e. The van der Waals surface area contributed by atoms with Gasteiger partial charge in [-0.15, -0.1) is 0 Å². The summed E-state index contributed by atoms with van der Waals surface area (Å²) in [6, 6.07) is 0. The first kappa shape index (κ1) is 26.0. The van der Waals surface area contributed by atoms with Crippen LogP contribution in [0.3, 0.4) is 0 Å². The Hall–Kier alpha value is -1.12. The molecule has 0 aromatic heterocycles. The quantitative estimate of drug-likeness (QED) is 0.408. The van der Waals surface area contributed by atoms with Crippen molar-refractivity contribution in [2.45, 2.75) is 103 Å². The molecule has 3 fully saturated rings. The Morgan fingerprint density at radius 1 is 1.24 bits per heavy atom. The van der Waals surface area contributed by atoms with Crippen LogP contribution in [0.4, 0.5) is 0 Å². The molecule has 0 aromatic carbocycles. The fourth-order valence-electron chi connectivity index (χ4n) is 7.45. The van der Waals surface area contributed by atoms with Crippen LogP contribution >= 0.6 is 0 Å². The fraction of sp³-hybridized carbons (Fsp3) is 0.778. The lowest BCUT2D eigenvalue weighted by Crippen LogP contribution is -2.63. The van der Waals surface area contributed by atoms with Gasteiger partial charge in [0.25, 0.3) is 0 Å². The second kappa shape index (κ2) is 7.94. The van der Waals surface area contributed by atoms with Crippen molar-refractivity contribution in [3.8, 4) is 0 Å². The van der Waals surface area contributed by atoms with E-state index in [1.165, 1.54) is 0 Å². The summed E-state index contributed by atoms with van der Waals surface area (Å²) < 4.78 is 5.97. The van der Waals surface area contributed by atoms with E-state index < -0.39 is 42.9 Å². The van der Waals surface area contributed by atoms with Crippen molar-refractivity contribution < 1.29 is 29.3 Å². The molecule has 4 aliphatic rings. The molecule has 8 atom stereocenters. The molecule has 0 heterocycles. The van der Waals surface area contributed by atoms with Crippen LogP contribution < -0.4 is 0 Å². The van der Waals surface area contributed by atoms with E-state index in [9.17, 15) is 24.9 Å². The minimum absolute atomic E-state index is 0.00220. The van der Waals surface area contributed by atoms with Gasteiger partial charge in [0.15, 0.2) is 14.1 Å². The molecule has 6 nitrogen and oxygen atoms in total. The molecule has 0 aromatic rings. The highest BCUT2D eigenvalue weighted by Gasteiger charge is 2.69. The van der Waals surface area contributed by atoms with E-state index in [-0.39, 0.29) is 41.4 Å². The van der Waals surface area contributed by atoms with E-state index in [0.29, 0.717) is 6.42 Å². The molecule has 34 heavy (non-hydrogen) atoms. The van der Waals surface area contributed by atoms with E-state index in [1.807, 2.05) is 46.9 Å². The summed E-state index contributed by atoms with van der Waals surface area (Å²) in [5, 5.41) is 34.0. The number of Topliss-reactive ketones (excluding diaryl/α,β-unsaturated/α-hetero) is 1. The number of allylic oxidation sites excluding steroid dienone is 4. The molecular weight excluding hydrogens is 448 g/mol. The van der Waals surface area contributed by atoms with Crippen LogP contribution in [0.15, 0.2) is 23.8 Å². The van der Waals surface area contributed by atoms with Crippen LogP contribution in [0.5, 0.6) is 0 Å².